The maximum atomic E-state index is 5.96. The molecule has 16 heavy (non-hydrogen) atoms. The Kier molecular flexibility index (Phi) is 2.76. The first-order chi connectivity index (χ1) is 7.23. The number of hydrogen-bond acceptors (Lipinski definition) is 2. The Bertz CT molecular complexity index is 379. The first kappa shape index (κ1) is 12.2. The van der Waals surface area contributed by atoms with E-state index in [1.807, 2.05) is 23.9 Å². The monoisotopic (exact) mass is 285 g/mol. The van der Waals surface area contributed by atoms with E-state index in [-0.39, 0.29) is 18.3 Å². The molecular formula is C11H17BBrNO2. The van der Waals surface area contributed by atoms with Gasteiger partial charge in [0.1, 0.15) is 0 Å². The molecule has 0 N–H and O–H groups in total. The molecule has 0 unspecified atom stereocenters. The Morgan fingerprint density at radius 1 is 1.19 bits per heavy atom. The van der Waals surface area contributed by atoms with Crippen molar-refractivity contribution in [3.63, 3.8) is 0 Å². The number of aryl methyl sites for hydroxylation is 1. The molecule has 0 aromatic carbocycles. The minimum atomic E-state index is -0.278. The van der Waals surface area contributed by atoms with Gasteiger partial charge in [-0.15, -0.1) is 0 Å². The number of rotatable bonds is 1. The summed E-state index contributed by atoms with van der Waals surface area (Å²) in [5.41, 5.74) is 0.494. The van der Waals surface area contributed by atoms with Crippen LogP contribution in [0.3, 0.4) is 0 Å². The number of halogens is 1. The molecule has 2 heterocycles. The lowest BCUT2D eigenvalue weighted by Crippen LogP contribution is -2.41. The van der Waals surface area contributed by atoms with Crippen molar-refractivity contribution in [2.75, 3.05) is 0 Å². The Balaban J connectivity index is 2.27. The fourth-order valence-electron chi connectivity index (χ4n) is 1.67. The van der Waals surface area contributed by atoms with Crippen LogP contribution in [0.4, 0.5) is 0 Å². The Morgan fingerprint density at radius 2 is 1.69 bits per heavy atom. The lowest BCUT2D eigenvalue weighted by atomic mass is 9.81. The molecule has 2 rings (SSSR count). The van der Waals surface area contributed by atoms with Crippen LogP contribution in [0.15, 0.2) is 16.9 Å². The highest BCUT2D eigenvalue weighted by Crippen LogP contribution is 2.36. The van der Waals surface area contributed by atoms with Crippen molar-refractivity contribution in [2.24, 2.45) is 7.05 Å². The third-order valence-corrected chi connectivity index (χ3v) is 4.28. The molecule has 0 radical (unpaired) electrons. The summed E-state index contributed by atoms with van der Waals surface area (Å²) in [4.78, 5) is 0. The van der Waals surface area contributed by atoms with Crippen molar-refractivity contribution >= 4 is 28.5 Å². The number of hydrogen-bond donors (Lipinski definition) is 0. The standard InChI is InChI=1S/C11H17BBrNO2/c1-10(2)11(3,4)16-12(15-10)8-6-9(13)14(5)7-8/h6-7H,1-5H3. The molecule has 1 fully saturated rings. The topological polar surface area (TPSA) is 23.4 Å². The highest BCUT2D eigenvalue weighted by Gasteiger charge is 2.51. The van der Waals surface area contributed by atoms with Gasteiger partial charge >= 0.3 is 7.12 Å². The van der Waals surface area contributed by atoms with E-state index in [2.05, 4.69) is 43.6 Å². The van der Waals surface area contributed by atoms with E-state index in [0.29, 0.717) is 0 Å². The third kappa shape index (κ3) is 1.85. The van der Waals surface area contributed by atoms with Crippen molar-refractivity contribution < 1.29 is 9.31 Å². The molecule has 1 aliphatic rings. The predicted octanol–water partition coefficient (Wildman–Crippen LogP) is 2.09. The zero-order valence-electron chi connectivity index (χ0n) is 10.4. The van der Waals surface area contributed by atoms with Gasteiger partial charge < -0.3 is 13.9 Å². The molecule has 1 saturated heterocycles. The summed E-state index contributed by atoms with van der Waals surface area (Å²) in [6, 6.07) is 2.03. The molecule has 1 aliphatic heterocycles. The molecule has 0 amide bonds. The van der Waals surface area contributed by atoms with Gasteiger partial charge in [0.25, 0.3) is 0 Å². The fraction of sp³-hybridized carbons (Fsp3) is 0.636. The molecule has 5 heteroatoms. The van der Waals surface area contributed by atoms with Crippen LogP contribution in [0.5, 0.6) is 0 Å². The Labute approximate surface area is 105 Å². The average molecular weight is 286 g/mol. The lowest BCUT2D eigenvalue weighted by molar-refractivity contribution is 0.00578. The minimum Gasteiger partial charge on any atom is -0.399 e. The summed E-state index contributed by atoms with van der Waals surface area (Å²) >= 11 is 3.47. The molecular weight excluding hydrogens is 269 g/mol. The molecule has 1 aromatic heterocycles. The zero-order chi connectivity index (χ0) is 12.1. The van der Waals surface area contributed by atoms with Crippen molar-refractivity contribution in [1.29, 1.82) is 0 Å². The van der Waals surface area contributed by atoms with Crippen molar-refractivity contribution in [3.8, 4) is 0 Å². The van der Waals surface area contributed by atoms with Crippen LogP contribution < -0.4 is 5.46 Å². The number of aromatic nitrogens is 1. The van der Waals surface area contributed by atoms with Crippen LogP contribution in [0, 0.1) is 0 Å². The van der Waals surface area contributed by atoms with Crippen molar-refractivity contribution in [1.82, 2.24) is 4.57 Å². The first-order valence-electron chi connectivity index (χ1n) is 5.40. The molecule has 0 aliphatic carbocycles. The maximum absolute atomic E-state index is 5.96. The highest BCUT2D eigenvalue weighted by molar-refractivity contribution is 9.10. The first-order valence-corrected chi connectivity index (χ1v) is 6.20. The molecule has 1 aromatic rings. The van der Waals surface area contributed by atoms with Gasteiger partial charge in [-0.1, -0.05) is 0 Å². The SMILES string of the molecule is Cn1cc(B2OC(C)(C)C(C)(C)O2)cc1Br. The van der Waals surface area contributed by atoms with Gasteiger partial charge in [-0.25, -0.2) is 0 Å². The van der Waals surface area contributed by atoms with E-state index in [1.165, 1.54) is 0 Å². The largest absolute Gasteiger partial charge is 0.496 e. The molecule has 0 spiro atoms. The van der Waals surface area contributed by atoms with Gasteiger partial charge in [0.15, 0.2) is 0 Å². The summed E-state index contributed by atoms with van der Waals surface area (Å²) in [6.07, 6.45) is 2.02. The Morgan fingerprint density at radius 3 is 2.06 bits per heavy atom. The van der Waals surface area contributed by atoms with Gasteiger partial charge in [-0.05, 0) is 49.7 Å². The second-order valence-corrected chi connectivity index (χ2v) is 6.11. The van der Waals surface area contributed by atoms with Crippen LogP contribution in [-0.4, -0.2) is 22.9 Å². The van der Waals surface area contributed by atoms with Gasteiger partial charge in [0.05, 0.1) is 15.8 Å². The van der Waals surface area contributed by atoms with Crippen LogP contribution in [0.2, 0.25) is 0 Å². The quantitative estimate of drug-likeness (QED) is 0.738. The normalized spacial score (nSPS) is 22.8. The van der Waals surface area contributed by atoms with Gasteiger partial charge in [0.2, 0.25) is 0 Å². The van der Waals surface area contributed by atoms with Crippen LogP contribution >= 0.6 is 15.9 Å². The summed E-state index contributed by atoms with van der Waals surface area (Å²) < 4.78 is 14.9. The third-order valence-electron chi connectivity index (χ3n) is 3.49. The number of nitrogens with zero attached hydrogens (tertiary/aromatic N) is 1. The van der Waals surface area contributed by atoms with E-state index in [1.54, 1.807) is 0 Å². The van der Waals surface area contributed by atoms with E-state index >= 15 is 0 Å². The molecule has 3 nitrogen and oxygen atoms in total. The second-order valence-electron chi connectivity index (χ2n) is 5.30. The zero-order valence-corrected chi connectivity index (χ0v) is 12.0. The van der Waals surface area contributed by atoms with E-state index in [0.717, 1.165) is 10.1 Å². The molecule has 88 valence electrons. The van der Waals surface area contributed by atoms with Gasteiger partial charge in [-0.2, -0.15) is 0 Å². The maximum Gasteiger partial charge on any atom is 0.496 e. The minimum absolute atomic E-state index is 0.275. The fourth-order valence-corrected chi connectivity index (χ4v) is 2.04. The van der Waals surface area contributed by atoms with Crippen LogP contribution in [0.25, 0.3) is 0 Å². The summed E-state index contributed by atoms with van der Waals surface area (Å²) in [5.74, 6) is 0. The highest BCUT2D eigenvalue weighted by atomic mass is 79.9. The van der Waals surface area contributed by atoms with Crippen LogP contribution in [0.1, 0.15) is 27.7 Å². The summed E-state index contributed by atoms with van der Waals surface area (Å²) in [7, 11) is 1.71. The lowest BCUT2D eigenvalue weighted by Gasteiger charge is -2.32. The molecule has 0 atom stereocenters. The van der Waals surface area contributed by atoms with Gasteiger partial charge in [0, 0.05) is 18.7 Å². The van der Waals surface area contributed by atoms with Gasteiger partial charge in [-0.3, -0.25) is 0 Å². The Hall–Kier alpha value is -0.255. The predicted molar refractivity (Wildman–Crippen MR) is 68.8 cm³/mol. The van der Waals surface area contributed by atoms with E-state index in [9.17, 15) is 0 Å². The molecule has 0 saturated carbocycles. The van der Waals surface area contributed by atoms with Crippen molar-refractivity contribution in [3.05, 3.63) is 16.9 Å². The summed E-state index contributed by atoms with van der Waals surface area (Å²) in [6.45, 7) is 8.24. The average Bonchev–Trinajstić information content (AvgIpc) is 2.54. The second kappa shape index (κ2) is 3.62. The smallest absolute Gasteiger partial charge is 0.399 e. The van der Waals surface area contributed by atoms with E-state index in [4.69, 9.17) is 9.31 Å². The van der Waals surface area contributed by atoms with Crippen LogP contribution in [-0.2, 0) is 16.4 Å². The summed E-state index contributed by atoms with van der Waals surface area (Å²) in [5, 5.41) is 0. The molecule has 0 bridgehead atoms. The van der Waals surface area contributed by atoms with E-state index < -0.39 is 0 Å². The van der Waals surface area contributed by atoms with Crippen molar-refractivity contribution in [2.45, 2.75) is 38.9 Å².